The number of thioether (sulfide) groups is 1. The van der Waals surface area contributed by atoms with Crippen LogP contribution in [0.3, 0.4) is 0 Å². The lowest BCUT2D eigenvalue weighted by atomic mass is 10.0. The lowest BCUT2D eigenvalue weighted by Gasteiger charge is -2.17. The van der Waals surface area contributed by atoms with Gasteiger partial charge in [0.2, 0.25) is 5.91 Å². The molecule has 6 nitrogen and oxygen atoms in total. The van der Waals surface area contributed by atoms with Gasteiger partial charge in [0.15, 0.2) is 5.16 Å². The number of nitrogens with zero attached hydrogens (tertiary/aromatic N) is 3. The van der Waals surface area contributed by atoms with Gasteiger partial charge in [0.05, 0.1) is 18.4 Å². The molecule has 0 bridgehead atoms. The smallest absolute Gasteiger partial charge is 0.230 e. The van der Waals surface area contributed by atoms with Gasteiger partial charge in [-0.05, 0) is 24.1 Å². The Morgan fingerprint density at radius 1 is 1.42 bits per heavy atom. The van der Waals surface area contributed by atoms with Crippen molar-refractivity contribution in [2.45, 2.75) is 31.1 Å². The van der Waals surface area contributed by atoms with E-state index in [1.807, 2.05) is 35.8 Å². The van der Waals surface area contributed by atoms with Crippen LogP contribution in [0.1, 0.15) is 24.9 Å². The number of carbonyl (C=O) groups excluding carboxylic acids is 1. The predicted molar refractivity (Wildman–Crippen MR) is 95.2 cm³/mol. The van der Waals surface area contributed by atoms with Gasteiger partial charge in [-0.1, -0.05) is 42.4 Å². The van der Waals surface area contributed by atoms with Crippen LogP contribution < -0.4 is 5.32 Å². The van der Waals surface area contributed by atoms with Crippen molar-refractivity contribution < 1.29 is 9.53 Å². The highest BCUT2D eigenvalue weighted by Gasteiger charge is 2.14. The Balaban J connectivity index is 1.88. The summed E-state index contributed by atoms with van der Waals surface area (Å²) in [5.41, 5.74) is 1.04. The number of hydrogen-bond donors (Lipinski definition) is 1. The van der Waals surface area contributed by atoms with Crippen molar-refractivity contribution in [3.05, 3.63) is 41.2 Å². The quantitative estimate of drug-likeness (QED) is 0.689. The van der Waals surface area contributed by atoms with Crippen LogP contribution in [0.15, 0.2) is 35.7 Å². The van der Waals surface area contributed by atoms with E-state index in [0.717, 1.165) is 12.0 Å². The van der Waals surface area contributed by atoms with E-state index >= 15 is 0 Å². The van der Waals surface area contributed by atoms with Crippen LogP contribution in [-0.2, 0) is 16.1 Å². The predicted octanol–water partition coefficient (Wildman–Crippen LogP) is 2.94. The van der Waals surface area contributed by atoms with E-state index in [1.165, 1.54) is 11.8 Å². The van der Waals surface area contributed by atoms with Gasteiger partial charge in [-0.2, -0.15) is 0 Å². The summed E-state index contributed by atoms with van der Waals surface area (Å²) >= 11 is 7.27. The molecule has 1 atom stereocenters. The van der Waals surface area contributed by atoms with Crippen molar-refractivity contribution in [3.8, 4) is 0 Å². The maximum Gasteiger partial charge on any atom is 0.230 e. The van der Waals surface area contributed by atoms with Crippen molar-refractivity contribution in [3.63, 3.8) is 0 Å². The van der Waals surface area contributed by atoms with Crippen LogP contribution in [0, 0.1) is 0 Å². The minimum Gasteiger partial charge on any atom is -0.383 e. The van der Waals surface area contributed by atoms with Gasteiger partial charge < -0.3 is 14.6 Å². The van der Waals surface area contributed by atoms with Crippen molar-refractivity contribution in [1.82, 2.24) is 20.1 Å². The first-order valence-electron chi connectivity index (χ1n) is 7.68. The van der Waals surface area contributed by atoms with Gasteiger partial charge in [0.25, 0.3) is 0 Å². The van der Waals surface area contributed by atoms with E-state index < -0.39 is 0 Å². The molecule has 0 spiro atoms. The Labute approximate surface area is 150 Å². The first-order valence-corrected chi connectivity index (χ1v) is 9.04. The number of carbonyl (C=O) groups is 1. The van der Waals surface area contributed by atoms with Gasteiger partial charge in [-0.3, -0.25) is 4.79 Å². The van der Waals surface area contributed by atoms with E-state index in [2.05, 4.69) is 15.5 Å². The van der Waals surface area contributed by atoms with Gasteiger partial charge >= 0.3 is 0 Å². The molecule has 0 aliphatic heterocycles. The van der Waals surface area contributed by atoms with E-state index in [9.17, 15) is 4.79 Å². The fourth-order valence-corrected chi connectivity index (χ4v) is 3.06. The molecule has 1 unspecified atom stereocenters. The zero-order valence-electron chi connectivity index (χ0n) is 13.7. The lowest BCUT2D eigenvalue weighted by molar-refractivity contribution is -0.119. The minimum atomic E-state index is -0.0388. The Bertz CT molecular complexity index is 648. The Morgan fingerprint density at radius 3 is 2.83 bits per heavy atom. The molecule has 0 aliphatic carbocycles. The summed E-state index contributed by atoms with van der Waals surface area (Å²) in [6.07, 6.45) is 2.45. The van der Waals surface area contributed by atoms with Gasteiger partial charge in [-0.15, -0.1) is 10.2 Å². The highest BCUT2D eigenvalue weighted by molar-refractivity contribution is 7.99. The Hall–Kier alpha value is -1.57. The molecule has 1 heterocycles. The molecule has 0 fully saturated rings. The number of aromatic nitrogens is 3. The second kappa shape index (κ2) is 9.66. The van der Waals surface area contributed by atoms with Gasteiger partial charge in [0, 0.05) is 18.7 Å². The molecule has 130 valence electrons. The second-order valence-corrected chi connectivity index (χ2v) is 6.55. The number of benzene rings is 1. The van der Waals surface area contributed by atoms with E-state index in [4.69, 9.17) is 16.3 Å². The van der Waals surface area contributed by atoms with Crippen molar-refractivity contribution in [2.24, 2.45) is 0 Å². The third kappa shape index (κ3) is 5.51. The van der Waals surface area contributed by atoms with Crippen LogP contribution in [-0.4, -0.2) is 40.1 Å². The number of ether oxygens (including phenoxy) is 1. The summed E-state index contributed by atoms with van der Waals surface area (Å²) in [7, 11) is 1.65. The maximum atomic E-state index is 12.2. The zero-order valence-corrected chi connectivity index (χ0v) is 15.3. The Morgan fingerprint density at radius 2 is 2.17 bits per heavy atom. The van der Waals surface area contributed by atoms with Crippen LogP contribution in [0.5, 0.6) is 0 Å². The normalized spacial score (nSPS) is 12.1. The standard InChI is InChI=1S/C16H21ClN4O2S/c1-3-14(12-4-6-13(17)7-5-12)19-15(22)10-24-16-20-18-11-21(16)8-9-23-2/h4-7,11,14H,3,8-10H2,1-2H3,(H,19,22). The SMILES string of the molecule is CCC(NC(=O)CSc1nncn1CCOC)c1ccc(Cl)cc1. The molecule has 8 heteroatoms. The first-order chi connectivity index (χ1) is 11.6. The number of rotatable bonds is 9. The van der Waals surface area contributed by atoms with Crippen LogP contribution in [0.4, 0.5) is 0 Å². The van der Waals surface area contributed by atoms with E-state index in [0.29, 0.717) is 23.3 Å². The highest BCUT2D eigenvalue weighted by atomic mass is 35.5. The summed E-state index contributed by atoms with van der Waals surface area (Å²) in [5, 5.41) is 12.4. The Kier molecular flexibility index (Phi) is 7.55. The molecule has 0 aliphatic rings. The molecular formula is C16H21ClN4O2S. The van der Waals surface area contributed by atoms with Crippen molar-refractivity contribution in [1.29, 1.82) is 0 Å². The molecule has 1 aromatic heterocycles. The minimum absolute atomic E-state index is 0.0262. The summed E-state index contributed by atoms with van der Waals surface area (Å²) in [4.78, 5) is 12.2. The molecule has 2 aromatic rings. The fraction of sp³-hybridized carbons (Fsp3) is 0.438. The molecule has 1 amide bonds. The van der Waals surface area contributed by atoms with Crippen LogP contribution >= 0.6 is 23.4 Å². The number of halogens is 1. The molecule has 0 radical (unpaired) electrons. The zero-order chi connectivity index (χ0) is 17.4. The fourth-order valence-electron chi connectivity index (χ4n) is 2.18. The molecule has 0 saturated heterocycles. The van der Waals surface area contributed by atoms with Crippen molar-refractivity contribution in [2.75, 3.05) is 19.5 Å². The van der Waals surface area contributed by atoms with E-state index in [-0.39, 0.29) is 17.7 Å². The molecule has 1 N–H and O–H groups in total. The van der Waals surface area contributed by atoms with Crippen LogP contribution in [0.2, 0.25) is 5.02 Å². The molecule has 0 saturated carbocycles. The first kappa shape index (κ1) is 18.8. The molecular weight excluding hydrogens is 348 g/mol. The molecule has 24 heavy (non-hydrogen) atoms. The summed E-state index contributed by atoms with van der Waals surface area (Å²) < 4.78 is 6.92. The summed E-state index contributed by atoms with van der Waals surface area (Å²) in [6, 6.07) is 7.51. The van der Waals surface area contributed by atoms with Crippen LogP contribution in [0.25, 0.3) is 0 Å². The van der Waals surface area contributed by atoms with Crippen molar-refractivity contribution >= 4 is 29.3 Å². The van der Waals surface area contributed by atoms with Gasteiger partial charge in [-0.25, -0.2) is 0 Å². The van der Waals surface area contributed by atoms with E-state index in [1.54, 1.807) is 13.4 Å². The molecule has 1 aromatic carbocycles. The topological polar surface area (TPSA) is 69.0 Å². The number of nitrogens with one attached hydrogen (secondary N) is 1. The summed E-state index contributed by atoms with van der Waals surface area (Å²) in [5.74, 6) is 0.249. The average molecular weight is 369 g/mol. The third-order valence-corrected chi connectivity index (χ3v) is 4.70. The molecule has 2 rings (SSSR count). The summed E-state index contributed by atoms with van der Waals surface area (Å²) in [6.45, 7) is 3.27. The number of amides is 1. The third-order valence-electron chi connectivity index (χ3n) is 3.46. The largest absolute Gasteiger partial charge is 0.383 e. The lowest BCUT2D eigenvalue weighted by Crippen LogP contribution is -2.29. The number of hydrogen-bond acceptors (Lipinski definition) is 5. The highest BCUT2D eigenvalue weighted by Crippen LogP contribution is 2.20. The maximum absolute atomic E-state index is 12.2. The average Bonchev–Trinajstić information content (AvgIpc) is 3.04. The second-order valence-electron chi connectivity index (χ2n) is 5.17. The number of methoxy groups -OCH3 is 1. The van der Waals surface area contributed by atoms with Gasteiger partial charge in [0.1, 0.15) is 6.33 Å². The monoisotopic (exact) mass is 368 g/mol.